The van der Waals surface area contributed by atoms with E-state index in [1.807, 2.05) is 52.0 Å². The molecule has 1 aromatic carbocycles. The van der Waals surface area contributed by atoms with E-state index in [1.165, 1.54) is 4.90 Å². The third kappa shape index (κ3) is 3.10. The summed E-state index contributed by atoms with van der Waals surface area (Å²) >= 11 is 0. The Bertz CT molecular complexity index is 480. The minimum Gasteiger partial charge on any atom is -0.325 e. The van der Waals surface area contributed by atoms with Crippen molar-refractivity contribution in [2.24, 2.45) is 5.41 Å². The molecule has 0 radical (unpaired) electrons. The smallest absolute Gasteiger partial charge is 0.229 e. The lowest BCUT2D eigenvalue weighted by Gasteiger charge is -2.29. The van der Waals surface area contributed by atoms with Gasteiger partial charge in [0.2, 0.25) is 5.91 Å². The Hall–Kier alpha value is -1.82. The van der Waals surface area contributed by atoms with Crippen molar-refractivity contribution in [3.63, 3.8) is 0 Å². The van der Waals surface area contributed by atoms with E-state index in [9.17, 15) is 10.1 Å². The van der Waals surface area contributed by atoms with Crippen LogP contribution in [-0.4, -0.2) is 17.9 Å². The molecular formula is C15H20N2O. The summed E-state index contributed by atoms with van der Waals surface area (Å²) in [6, 6.07) is 9.38. The van der Waals surface area contributed by atoms with E-state index < -0.39 is 11.5 Å². The molecule has 0 aliphatic heterocycles. The van der Waals surface area contributed by atoms with Crippen LogP contribution in [0.1, 0.15) is 37.9 Å². The first-order valence-electron chi connectivity index (χ1n) is 6.01. The molecule has 0 aliphatic carbocycles. The Labute approximate surface area is 109 Å². The van der Waals surface area contributed by atoms with Crippen molar-refractivity contribution in [1.29, 1.82) is 5.26 Å². The molecule has 96 valence electrons. The number of hydrogen-bond acceptors (Lipinski definition) is 2. The Kier molecular flexibility index (Phi) is 4.13. The molecule has 3 heteroatoms. The standard InChI is InChI=1S/C15H20N2O/c1-11-7-6-8-12(9-11)13(10-16)17(5)14(18)15(2,3)4/h6-9,13H,1-5H3. The molecule has 0 saturated carbocycles. The van der Waals surface area contributed by atoms with Crippen molar-refractivity contribution in [2.75, 3.05) is 7.05 Å². The average molecular weight is 244 g/mol. The third-order valence-electron chi connectivity index (χ3n) is 2.83. The molecule has 0 spiro atoms. The van der Waals surface area contributed by atoms with Crippen molar-refractivity contribution in [3.8, 4) is 6.07 Å². The summed E-state index contributed by atoms with van der Waals surface area (Å²) in [5.41, 5.74) is 1.47. The number of nitriles is 1. The summed E-state index contributed by atoms with van der Waals surface area (Å²) in [7, 11) is 1.68. The van der Waals surface area contributed by atoms with Crippen molar-refractivity contribution in [2.45, 2.75) is 33.7 Å². The van der Waals surface area contributed by atoms with Gasteiger partial charge < -0.3 is 4.90 Å². The first-order chi connectivity index (χ1) is 8.27. The molecule has 0 fully saturated rings. The van der Waals surface area contributed by atoms with Gasteiger partial charge in [-0.25, -0.2) is 0 Å². The lowest BCUT2D eigenvalue weighted by Crippen LogP contribution is -2.38. The summed E-state index contributed by atoms with van der Waals surface area (Å²) in [5, 5.41) is 9.31. The summed E-state index contributed by atoms with van der Waals surface area (Å²) < 4.78 is 0. The van der Waals surface area contributed by atoms with Crippen LogP contribution in [0.15, 0.2) is 24.3 Å². The second-order valence-corrected chi connectivity index (χ2v) is 5.61. The molecule has 1 unspecified atom stereocenters. The highest BCUT2D eigenvalue weighted by atomic mass is 16.2. The molecule has 0 aromatic heterocycles. The number of hydrogen-bond donors (Lipinski definition) is 0. The molecular weight excluding hydrogens is 224 g/mol. The van der Waals surface area contributed by atoms with Crippen LogP contribution in [0.25, 0.3) is 0 Å². The molecule has 0 heterocycles. The van der Waals surface area contributed by atoms with Crippen molar-refractivity contribution in [3.05, 3.63) is 35.4 Å². The Morgan fingerprint density at radius 1 is 1.39 bits per heavy atom. The quantitative estimate of drug-likeness (QED) is 0.802. The van der Waals surface area contributed by atoms with E-state index in [1.54, 1.807) is 7.05 Å². The van der Waals surface area contributed by atoms with E-state index in [0.717, 1.165) is 11.1 Å². The van der Waals surface area contributed by atoms with E-state index in [4.69, 9.17) is 0 Å². The van der Waals surface area contributed by atoms with Crippen molar-refractivity contribution < 1.29 is 4.79 Å². The van der Waals surface area contributed by atoms with Gasteiger partial charge in [0.1, 0.15) is 6.04 Å². The fourth-order valence-corrected chi connectivity index (χ4v) is 1.87. The maximum Gasteiger partial charge on any atom is 0.229 e. The average Bonchev–Trinajstić information content (AvgIpc) is 2.27. The molecule has 1 rings (SSSR count). The van der Waals surface area contributed by atoms with Gasteiger partial charge in [0, 0.05) is 12.5 Å². The molecule has 18 heavy (non-hydrogen) atoms. The first kappa shape index (κ1) is 14.2. The second-order valence-electron chi connectivity index (χ2n) is 5.61. The number of carbonyl (C=O) groups excluding carboxylic acids is 1. The molecule has 0 aliphatic rings. The molecule has 1 atom stereocenters. The van der Waals surface area contributed by atoms with Gasteiger partial charge in [0.25, 0.3) is 0 Å². The zero-order valence-electron chi connectivity index (χ0n) is 11.7. The van der Waals surface area contributed by atoms with Crippen molar-refractivity contribution in [1.82, 2.24) is 4.90 Å². The Morgan fingerprint density at radius 3 is 2.44 bits per heavy atom. The Morgan fingerprint density at radius 2 is 2.00 bits per heavy atom. The van der Waals surface area contributed by atoms with Gasteiger partial charge in [-0.2, -0.15) is 5.26 Å². The van der Waals surface area contributed by atoms with E-state index in [2.05, 4.69) is 6.07 Å². The number of nitrogens with zero attached hydrogens (tertiary/aromatic N) is 2. The monoisotopic (exact) mass is 244 g/mol. The Balaban J connectivity index is 3.06. The molecule has 0 bridgehead atoms. The van der Waals surface area contributed by atoms with Crippen LogP contribution in [0.5, 0.6) is 0 Å². The molecule has 0 saturated heterocycles. The molecule has 0 N–H and O–H groups in total. The topological polar surface area (TPSA) is 44.1 Å². The zero-order chi connectivity index (χ0) is 13.9. The first-order valence-corrected chi connectivity index (χ1v) is 6.01. The van der Waals surface area contributed by atoms with E-state index >= 15 is 0 Å². The van der Waals surface area contributed by atoms with Gasteiger partial charge in [-0.3, -0.25) is 4.79 Å². The minimum absolute atomic E-state index is 0.0319. The normalized spacial score (nSPS) is 12.7. The number of rotatable bonds is 2. The lowest BCUT2D eigenvalue weighted by atomic mass is 9.93. The lowest BCUT2D eigenvalue weighted by molar-refractivity contribution is -0.139. The number of aryl methyl sites for hydroxylation is 1. The van der Waals surface area contributed by atoms with Gasteiger partial charge >= 0.3 is 0 Å². The summed E-state index contributed by atoms with van der Waals surface area (Å²) in [6.07, 6.45) is 0. The molecule has 1 amide bonds. The fraction of sp³-hybridized carbons (Fsp3) is 0.467. The molecule has 1 aromatic rings. The fourth-order valence-electron chi connectivity index (χ4n) is 1.87. The summed E-state index contributed by atoms with van der Waals surface area (Å²) in [4.78, 5) is 13.7. The van der Waals surface area contributed by atoms with Crippen LogP contribution in [0.4, 0.5) is 0 Å². The molecule has 3 nitrogen and oxygen atoms in total. The summed E-state index contributed by atoms with van der Waals surface area (Å²) in [6.45, 7) is 7.55. The van der Waals surface area contributed by atoms with Crippen LogP contribution in [0.3, 0.4) is 0 Å². The highest BCUT2D eigenvalue weighted by Gasteiger charge is 2.30. The van der Waals surface area contributed by atoms with Crippen LogP contribution in [0.2, 0.25) is 0 Å². The summed E-state index contributed by atoms with van der Waals surface area (Å²) in [5.74, 6) is -0.0319. The maximum absolute atomic E-state index is 12.2. The van der Waals surface area contributed by atoms with Gasteiger partial charge in [0.05, 0.1) is 6.07 Å². The van der Waals surface area contributed by atoms with Gasteiger partial charge in [0.15, 0.2) is 0 Å². The van der Waals surface area contributed by atoms with Crippen LogP contribution >= 0.6 is 0 Å². The minimum atomic E-state index is -0.531. The SMILES string of the molecule is Cc1cccc(C(C#N)N(C)C(=O)C(C)(C)C)c1. The predicted octanol–water partition coefficient (Wildman–Crippen LogP) is 3.06. The zero-order valence-corrected chi connectivity index (χ0v) is 11.7. The van der Waals surface area contributed by atoms with Gasteiger partial charge in [-0.15, -0.1) is 0 Å². The number of carbonyl (C=O) groups is 1. The third-order valence-corrected chi connectivity index (χ3v) is 2.83. The van der Waals surface area contributed by atoms with Crippen LogP contribution in [0, 0.1) is 23.7 Å². The largest absolute Gasteiger partial charge is 0.325 e. The van der Waals surface area contributed by atoms with E-state index in [0.29, 0.717) is 0 Å². The highest BCUT2D eigenvalue weighted by molar-refractivity contribution is 5.82. The highest BCUT2D eigenvalue weighted by Crippen LogP contribution is 2.25. The predicted molar refractivity (Wildman–Crippen MR) is 71.8 cm³/mol. The van der Waals surface area contributed by atoms with Crippen LogP contribution < -0.4 is 0 Å². The maximum atomic E-state index is 12.2. The van der Waals surface area contributed by atoms with Crippen LogP contribution in [-0.2, 0) is 4.79 Å². The van der Waals surface area contributed by atoms with E-state index in [-0.39, 0.29) is 5.91 Å². The number of amides is 1. The number of benzene rings is 1. The van der Waals surface area contributed by atoms with Gasteiger partial charge in [-0.05, 0) is 12.5 Å². The van der Waals surface area contributed by atoms with Crippen molar-refractivity contribution >= 4 is 5.91 Å². The second kappa shape index (κ2) is 5.22. The van der Waals surface area contributed by atoms with Gasteiger partial charge in [-0.1, -0.05) is 50.6 Å².